The summed E-state index contributed by atoms with van der Waals surface area (Å²) in [6, 6.07) is -0.246. The molecule has 2 amide bonds. The molecule has 22 heavy (non-hydrogen) atoms. The van der Waals surface area contributed by atoms with Gasteiger partial charge in [0.2, 0.25) is 11.2 Å². The Morgan fingerprint density at radius 3 is 2.91 bits per heavy atom. The molecular weight excluding hydrogens is 302 g/mol. The van der Waals surface area contributed by atoms with Crippen molar-refractivity contribution in [1.82, 2.24) is 14.7 Å². The third kappa shape index (κ3) is 4.61. The van der Waals surface area contributed by atoms with Gasteiger partial charge in [-0.25, -0.2) is 19.6 Å². The molecule has 2 N–H and O–H groups in total. The summed E-state index contributed by atoms with van der Waals surface area (Å²) < 4.78 is 3.84. The number of anilines is 1. The minimum Gasteiger partial charge on any atom is -0.335 e. The summed E-state index contributed by atoms with van der Waals surface area (Å²) in [7, 11) is 0. The quantitative estimate of drug-likeness (QED) is 0.657. The van der Waals surface area contributed by atoms with Crippen LogP contribution >= 0.6 is 11.5 Å². The molecule has 1 aromatic heterocycles. The molecule has 2 rings (SSSR count). The number of hydrogen-bond donors (Lipinski definition) is 2. The maximum atomic E-state index is 12.0. The van der Waals surface area contributed by atoms with Crippen LogP contribution in [-0.2, 0) is 4.79 Å². The van der Waals surface area contributed by atoms with E-state index in [9.17, 15) is 9.59 Å². The third-order valence-electron chi connectivity index (χ3n) is 3.89. The molecule has 0 bridgehead atoms. The molecule has 1 fully saturated rings. The minimum atomic E-state index is -0.277. The van der Waals surface area contributed by atoms with Crippen molar-refractivity contribution < 1.29 is 9.59 Å². The Bertz CT molecular complexity index is 568. The van der Waals surface area contributed by atoms with E-state index in [1.54, 1.807) is 6.08 Å². The summed E-state index contributed by atoms with van der Waals surface area (Å²) in [6.45, 7) is 6.89. The van der Waals surface area contributed by atoms with Crippen molar-refractivity contribution in [1.29, 1.82) is 0 Å². The van der Waals surface area contributed by atoms with E-state index in [0.717, 1.165) is 30.8 Å². The number of aromatic nitrogens is 2. The summed E-state index contributed by atoms with van der Waals surface area (Å²) in [5.74, 6) is 0. The number of aliphatic imine (C=N–C) groups is 1. The predicted octanol–water partition coefficient (Wildman–Crippen LogP) is 2.58. The summed E-state index contributed by atoms with van der Waals surface area (Å²) in [4.78, 5) is 30.1. The van der Waals surface area contributed by atoms with Gasteiger partial charge in [-0.3, -0.25) is 5.32 Å². The van der Waals surface area contributed by atoms with E-state index in [4.69, 9.17) is 0 Å². The van der Waals surface area contributed by atoms with Crippen molar-refractivity contribution in [2.45, 2.75) is 46.1 Å². The zero-order chi connectivity index (χ0) is 16.2. The first-order valence-electron chi connectivity index (χ1n) is 7.20. The number of nitrogens with zero attached hydrogens (tertiary/aromatic N) is 3. The lowest BCUT2D eigenvalue weighted by Gasteiger charge is -2.46. The molecule has 0 saturated heterocycles. The topological polar surface area (TPSA) is 96.3 Å². The highest BCUT2D eigenvalue weighted by Gasteiger charge is 2.41. The van der Waals surface area contributed by atoms with Gasteiger partial charge in [-0.15, -0.1) is 0 Å². The van der Waals surface area contributed by atoms with Gasteiger partial charge in [0, 0.05) is 17.6 Å². The van der Waals surface area contributed by atoms with Gasteiger partial charge in [0.1, 0.15) is 6.33 Å². The van der Waals surface area contributed by atoms with Crippen molar-refractivity contribution in [2.24, 2.45) is 15.8 Å². The van der Waals surface area contributed by atoms with Crippen molar-refractivity contribution >= 4 is 28.8 Å². The lowest BCUT2D eigenvalue weighted by molar-refractivity contribution is 0.0816. The van der Waals surface area contributed by atoms with Crippen LogP contribution in [0.25, 0.3) is 0 Å². The zero-order valence-electron chi connectivity index (χ0n) is 13.0. The predicted molar refractivity (Wildman–Crippen MR) is 84.6 cm³/mol. The number of rotatable bonds is 4. The van der Waals surface area contributed by atoms with E-state index in [1.807, 2.05) is 0 Å². The van der Waals surface area contributed by atoms with Crippen LogP contribution in [0.5, 0.6) is 0 Å². The number of amides is 2. The van der Waals surface area contributed by atoms with E-state index < -0.39 is 0 Å². The second-order valence-electron chi connectivity index (χ2n) is 7.01. The van der Waals surface area contributed by atoms with Gasteiger partial charge in [0.05, 0.1) is 6.54 Å². The Morgan fingerprint density at radius 1 is 1.50 bits per heavy atom. The highest BCUT2D eigenvalue weighted by molar-refractivity contribution is 7.09. The van der Waals surface area contributed by atoms with Gasteiger partial charge in [0.15, 0.2) is 0 Å². The Balaban J connectivity index is 2.00. The first kappa shape index (κ1) is 16.6. The second-order valence-corrected chi connectivity index (χ2v) is 7.79. The monoisotopic (exact) mass is 323 g/mol. The standard InChI is InChI=1S/C14H21N5O2S/c1-13(2)4-10(5-14(3,6-13)7-15-9-20)18-11(21)19-12-16-8-17-22-12/h8,10H,4-7H2,1-3H3,(H2,16,17,18,19,21). The van der Waals surface area contributed by atoms with Crippen LogP contribution in [0.15, 0.2) is 11.3 Å². The van der Waals surface area contributed by atoms with E-state index in [-0.39, 0.29) is 22.9 Å². The summed E-state index contributed by atoms with van der Waals surface area (Å²) >= 11 is 1.13. The average Bonchev–Trinajstić information content (AvgIpc) is 2.86. The summed E-state index contributed by atoms with van der Waals surface area (Å²) in [5.41, 5.74) is -0.0358. The maximum Gasteiger partial charge on any atom is 0.321 e. The molecule has 2 atom stereocenters. The van der Waals surface area contributed by atoms with Crippen molar-refractivity contribution in [3.05, 3.63) is 6.33 Å². The molecule has 0 aliphatic heterocycles. The Labute approximate surface area is 133 Å². The molecule has 0 radical (unpaired) electrons. The fraction of sp³-hybridized carbons (Fsp3) is 0.714. The van der Waals surface area contributed by atoms with Gasteiger partial charge in [-0.1, -0.05) is 20.8 Å². The lowest BCUT2D eigenvalue weighted by Crippen LogP contribution is -2.48. The lowest BCUT2D eigenvalue weighted by atomic mass is 9.62. The van der Waals surface area contributed by atoms with Crippen LogP contribution in [0.2, 0.25) is 0 Å². The summed E-state index contributed by atoms with van der Waals surface area (Å²) in [5, 5.41) is 6.14. The molecule has 0 aromatic carbocycles. The highest BCUT2D eigenvalue weighted by atomic mass is 32.1. The summed E-state index contributed by atoms with van der Waals surface area (Å²) in [6.07, 6.45) is 5.64. The number of carbonyl (C=O) groups excluding carboxylic acids is 2. The molecule has 1 aromatic rings. The van der Waals surface area contributed by atoms with Crippen LogP contribution in [0, 0.1) is 10.8 Å². The van der Waals surface area contributed by atoms with Gasteiger partial charge in [-0.05, 0) is 30.1 Å². The Kier molecular flexibility index (Phi) is 4.93. The third-order valence-corrected chi connectivity index (χ3v) is 4.47. The maximum absolute atomic E-state index is 12.0. The average molecular weight is 323 g/mol. The first-order chi connectivity index (χ1) is 10.3. The molecular formula is C14H21N5O2S. The zero-order valence-corrected chi connectivity index (χ0v) is 13.9. The van der Waals surface area contributed by atoms with Gasteiger partial charge >= 0.3 is 6.03 Å². The molecule has 0 spiro atoms. The highest BCUT2D eigenvalue weighted by Crippen LogP contribution is 2.46. The van der Waals surface area contributed by atoms with Gasteiger partial charge < -0.3 is 5.32 Å². The van der Waals surface area contributed by atoms with Crippen molar-refractivity contribution in [3.63, 3.8) is 0 Å². The van der Waals surface area contributed by atoms with Gasteiger partial charge in [-0.2, -0.15) is 4.37 Å². The molecule has 120 valence electrons. The normalized spacial score (nSPS) is 26.8. The Morgan fingerprint density at radius 2 is 2.27 bits per heavy atom. The van der Waals surface area contributed by atoms with Crippen LogP contribution in [0.3, 0.4) is 0 Å². The van der Waals surface area contributed by atoms with Crippen molar-refractivity contribution in [2.75, 3.05) is 11.9 Å². The number of urea groups is 1. The number of carbonyl (C=O) groups is 1. The number of hydrogen-bond acceptors (Lipinski definition) is 6. The first-order valence-corrected chi connectivity index (χ1v) is 7.97. The second kappa shape index (κ2) is 6.54. The van der Waals surface area contributed by atoms with E-state index >= 15 is 0 Å². The molecule has 8 heteroatoms. The SMILES string of the molecule is CC1(C)CC(NC(=O)Nc2ncns2)CC(C)(CN=C=O)C1. The largest absolute Gasteiger partial charge is 0.335 e. The van der Waals surface area contributed by atoms with Crippen molar-refractivity contribution in [3.8, 4) is 0 Å². The van der Waals surface area contributed by atoms with E-state index in [2.05, 4.69) is 45.8 Å². The van der Waals surface area contributed by atoms with Crippen LogP contribution in [0.1, 0.15) is 40.0 Å². The molecule has 1 saturated carbocycles. The van der Waals surface area contributed by atoms with Gasteiger partial charge in [0.25, 0.3) is 0 Å². The van der Waals surface area contributed by atoms with Crippen LogP contribution < -0.4 is 10.6 Å². The molecule has 1 aliphatic carbocycles. The number of nitrogens with one attached hydrogen (secondary N) is 2. The fourth-order valence-corrected chi connectivity index (χ4v) is 4.05. The molecule has 2 unspecified atom stereocenters. The molecule has 7 nitrogen and oxygen atoms in total. The fourth-order valence-electron chi connectivity index (χ4n) is 3.63. The van der Waals surface area contributed by atoms with Crippen LogP contribution in [-0.4, -0.2) is 34.1 Å². The number of isocyanates is 1. The molecule has 1 heterocycles. The van der Waals surface area contributed by atoms with E-state index in [0.29, 0.717) is 11.7 Å². The Hall–Kier alpha value is -1.79. The van der Waals surface area contributed by atoms with Crippen LogP contribution in [0.4, 0.5) is 9.93 Å². The minimum absolute atomic E-state index is 0.0310. The smallest absolute Gasteiger partial charge is 0.321 e. The van der Waals surface area contributed by atoms with E-state index in [1.165, 1.54) is 6.33 Å². The molecule has 1 aliphatic rings.